The molecule has 0 aliphatic heterocycles. The van der Waals surface area contributed by atoms with Gasteiger partial charge in [-0.15, -0.1) is 11.3 Å². The summed E-state index contributed by atoms with van der Waals surface area (Å²) in [6.07, 6.45) is 3.65. The first-order chi connectivity index (χ1) is 31.5. The molecule has 0 saturated carbocycles. The van der Waals surface area contributed by atoms with Crippen molar-refractivity contribution >= 4 is 92.6 Å². The Morgan fingerprint density at radius 1 is 0.484 bits per heavy atom. The number of nitrogens with zero attached hydrogens (tertiary/aromatic N) is 3. The first kappa shape index (κ1) is 37.6. The molecule has 0 saturated heterocycles. The van der Waals surface area contributed by atoms with Gasteiger partial charge in [0.05, 0.1) is 5.70 Å². The van der Waals surface area contributed by atoms with Gasteiger partial charge in [0.25, 0.3) is 0 Å². The molecule has 0 aliphatic rings. The van der Waals surface area contributed by atoms with Crippen molar-refractivity contribution < 1.29 is 8.83 Å². The van der Waals surface area contributed by atoms with Gasteiger partial charge in [-0.1, -0.05) is 134 Å². The van der Waals surface area contributed by atoms with Gasteiger partial charge in [0.2, 0.25) is 0 Å². The first-order valence-electron chi connectivity index (χ1n) is 21.2. The van der Waals surface area contributed by atoms with Crippen LogP contribution in [0.5, 0.6) is 0 Å². The molecule has 0 atom stereocenters. The number of aromatic nitrogens is 1. The summed E-state index contributed by atoms with van der Waals surface area (Å²) in [6.45, 7) is 6.47. The van der Waals surface area contributed by atoms with E-state index in [4.69, 9.17) is 18.8 Å². The van der Waals surface area contributed by atoms with Gasteiger partial charge >= 0.3 is 0 Å². The maximum Gasteiger partial charge on any atom is 0.160 e. The predicted octanol–water partition coefficient (Wildman–Crippen LogP) is 16.2. The molecule has 0 fully saturated rings. The van der Waals surface area contributed by atoms with Crippen molar-refractivity contribution in [1.82, 2.24) is 4.98 Å². The number of benzene rings is 8. The minimum absolute atomic E-state index is 0.552. The Labute approximate surface area is 372 Å². The highest BCUT2D eigenvalue weighted by Gasteiger charge is 2.19. The second-order valence-electron chi connectivity index (χ2n) is 16.1. The standard InChI is InChI=1S/C58H37N3O2S/c1-35(39-11-9-12-41(31-39)43-13-10-30-59-34-43)60-58(61-36(2)40-24-26-47-46-14-3-6-17-51(46)62-53(47)32-40)38-22-20-37(21-23-38)44-28-29-45(57-56(44)50-16-4-7-18-52(50)63-57)42-25-27-49-48-15-5-8-19-54(48)64-55(49)33-42/h3-34H,1H2,2H3. The van der Waals surface area contributed by atoms with Crippen LogP contribution >= 0.6 is 11.3 Å². The Balaban J connectivity index is 0.955. The lowest BCUT2D eigenvalue weighted by molar-refractivity contribution is 0.668. The van der Waals surface area contributed by atoms with Crippen molar-refractivity contribution in [2.24, 2.45) is 9.98 Å². The summed E-state index contributed by atoms with van der Waals surface area (Å²) < 4.78 is 15.5. The van der Waals surface area contributed by atoms with E-state index in [9.17, 15) is 0 Å². The molecular weight excluding hydrogens is 803 g/mol. The number of hydrogen-bond acceptors (Lipinski definition) is 5. The van der Waals surface area contributed by atoms with Crippen LogP contribution in [0, 0.1) is 0 Å². The van der Waals surface area contributed by atoms with Gasteiger partial charge in [0.15, 0.2) is 5.84 Å². The number of pyridine rings is 1. The number of furan rings is 2. The van der Waals surface area contributed by atoms with E-state index in [1.165, 1.54) is 20.2 Å². The third kappa shape index (κ3) is 6.51. The Hall–Kier alpha value is -8.19. The highest BCUT2D eigenvalue weighted by Crippen LogP contribution is 2.44. The molecule has 5 nitrogen and oxygen atoms in total. The fourth-order valence-electron chi connectivity index (χ4n) is 8.92. The molecule has 0 bridgehead atoms. The Morgan fingerprint density at radius 3 is 2.02 bits per heavy atom. The van der Waals surface area contributed by atoms with Crippen molar-refractivity contribution in [2.45, 2.75) is 6.92 Å². The average molecular weight is 840 g/mol. The van der Waals surface area contributed by atoms with E-state index in [-0.39, 0.29) is 0 Å². The molecule has 0 spiro atoms. The third-order valence-corrected chi connectivity index (χ3v) is 13.3. The maximum atomic E-state index is 6.73. The molecule has 4 heterocycles. The lowest BCUT2D eigenvalue weighted by atomic mass is 9.94. The Kier molecular flexibility index (Phi) is 8.99. The number of aliphatic imine (C=N–C) groups is 2. The minimum Gasteiger partial charge on any atom is -0.456 e. The summed E-state index contributed by atoms with van der Waals surface area (Å²) in [5, 5.41) is 6.90. The van der Waals surface area contributed by atoms with Crippen molar-refractivity contribution in [2.75, 3.05) is 0 Å². The molecule has 64 heavy (non-hydrogen) atoms. The third-order valence-electron chi connectivity index (χ3n) is 12.2. The summed E-state index contributed by atoms with van der Waals surface area (Å²) in [7, 11) is 0. The normalized spacial score (nSPS) is 12.4. The number of hydrogen-bond donors (Lipinski definition) is 0. The van der Waals surface area contributed by atoms with Crippen LogP contribution in [0.4, 0.5) is 0 Å². The number of fused-ring (bicyclic) bond motifs is 9. The average Bonchev–Trinajstić information content (AvgIpc) is 4.05. The lowest BCUT2D eigenvalue weighted by Crippen LogP contribution is -2.04. The summed E-state index contributed by atoms with van der Waals surface area (Å²) in [5.74, 6) is 0.552. The van der Waals surface area contributed by atoms with Gasteiger partial charge < -0.3 is 8.83 Å². The quantitative estimate of drug-likeness (QED) is 0.119. The zero-order valence-corrected chi connectivity index (χ0v) is 35.6. The van der Waals surface area contributed by atoms with E-state index in [0.29, 0.717) is 11.5 Å². The number of para-hydroxylation sites is 2. The number of rotatable bonds is 7. The van der Waals surface area contributed by atoms with Gasteiger partial charge in [-0.3, -0.25) is 4.98 Å². The molecule has 0 aliphatic carbocycles. The zero-order chi connectivity index (χ0) is 42.7. The van der Waals surface area contributed by atoms with Crippen molar-refractivity contribution in [3.8, 4) is 33.4 Å². The van der Waals surface area contributed by atoms with E-state index >= 15 is 0 Å². The van der Waals surface area contributed by atoms with Crippen LogP contribution < -0.4 is 0 Å². The molecule has 12 aromatic rings. The Bertz CT molecular complexity index is 3870. The van der Waals surface area contributed by atoms with E-state index < -0.39 is 0 Å². The van der Waals surface area contributed by atoms with Crippen LogP contribution in [0.3, 0.4) is 0 Å². The topological polar surface area (TPSA) is 63.9 Å². The number of amidine groups is 1. The molecule has 6 heteroatoms. The molecule has 0 radical (unpaired) electrons. The van der Waals surface area contributed by atoms with Crippen LogP contribution in [-0.2, 0) is 0 Å². The van der Waals surface area contributed by atoms with Crippen LogP contribution in [0.15, 0.2) is 220 Å². The van der Waals surface area contributed by atoms with E-state index in [0.717, 1.165) is 99.7 Å². The zero-order valence-electron chi connectivity index (χ0n) is 34.7. The fourth-order valence-corrected chi connectivity index (χ4v) is 10.1. The largest absolute Gasteiger partial charge is 0.456 e. The smallest absolute Gasteiger partial charge is 0.160 e. The molecule has 0 amide bonds. The lowest BCUT2D eigenvalue weighted by Gasteiger charge is -2.11. The highest BCUT2D eigenvalue weighted by molar-refractivity contribution is 7.25. The van der Waals surface area contributed by atoms with Crippen LogP contribution in [-0.4, -0.2) is 16.5 Å². The SMILES string of the molecule is C=C(N=C(N=C(C)c1ccc2c(c1)oc1ccccc12)c1ccc(-c2ccc(-c3ccc4c(c3)sc3ccccc34)c3oc4ccccc4c23)cc1)c1cccc(-c2cccnc2)c1. The monoisotopic (exact) mass is 839 g/mol. The molecule has 0 unspecified atom stereocenters. The van der Waals surface area contributed by atoms with E-state index in [1.807, 2.05) is 66.9 Å². The van der Waals surface area contributed by atoms with Crippen molar-refractivity contribution in [3.05, 3.63) is 218 Å². The van der Waals surface area contributed by atoms with Gasteiger partial charge in [-0.05, 0) is 89.3 Å². The van der Waals surface area contributed by atoms with E-state index in [1.54, 1.807) is 6.20 Å². The summed E-state index contributed by atoms with van der Waals surface area (Å²) in [6, 6.07) is 63.2. The van der Waals surface area contributed by atoms with Crippen LogP contribution in [0.25, 0.3) is 103 Å². The second kappa shape index (κ2) is 15.3. The van der Waals surface area contributed by atoms with Gasteiger partial charge in [0, 0.05) is 82.1 Å². The van der Waals surface area contributed by atoms with Gasteiger partial charge in [-0.25, -0.2) is 9.98 Å². The van der Waals surface area contributed by atoms with E-state index in [2.05, 4.69) is 151 Å². The van der Waals surface area contributed by atoms with Gasteiger partial charge in [0.1, 0.15) is 22.3 Å². The van der Waals surface area contributed by atoms with Crippen LogP contribution in [0.2, 0.25) is 0 Å². The predicted molar refractivity (Wildman–Crippen MR) is 269 cm³/mol. The molecule has 302 valence electrons. The minimum atomic E-state index is 0.552. The molecular formula is C58H37N3O2S. The second-order valence-corrected chi connectivity index (χ2v) is 17.1. The maximum absolute atomic E-state index is 6.73. The molecule has 0 N–H and O–H groups in total. The highest BCUT2D eigenvalue weighted by atomic mass is 32.1. The summed E-state index contributed by atoms with van der Waals surface area (Å²) in [5.41, 5.74) is 13.9. The van der Waals surface area contributed by atoms with Gasteiger partial charge in [-0.2, -0.15) is 0 Å². The fraction of sp³-hybridized carbons (Fsp3) is 0.0172. The molecule has 8 aromatic carbocycles. The number of thiophene rings is 1. The summed E-state index contributed by atoms with van der Waals surface area (Å²) >= 11 is 1.83. The van der Waals surface area contributed by atoms with Crippen molar-refractivity contribution in [3.63, 3.8) is 0 Å². The van der Waals surface area contributed by atoms with Crippen LogP contribution in [0.1, 0.15) is 23.6 Å². The Morgan fingerprint density at radius 2 is 1.17 bits per heavy atom. The van der Waals surface area contributed by atoms with Crippen molar-refractivity contribution in [1.29, 1.82) is 0 Å². The molecule has 12 rings (SSSR count). The molecule has 4 aromatic heterocycles. The first-order valence-corrected chi connectivity index (χ1v) is 22.1. The summed E-state index contributed by atoms with van der Waals surface area (Å²) in [4.78, 5) is 14.7.